The maximum absolute atomic E-state index is 9.79. The van der Waals surface area contributed by atoms with Crippen LogP contribution in [0, 0.1) is 11.3 Å². The number of rotatable bonds is 3. The predicted octanol–water partition coefficient (Wildman–Crippen LogP) is 2.89. The second kappa shape index (κ2) is 6.39. The lowest BCUT2D eigenvalue weighted by Gasteiger charge is -2.48. The van der Waals surface area contributed by atoms with Crippen LogP contribution < -0.4 is 0 Å². The number of hydrogen-bond acceptors (Lipinski definition) is 4. The van der Waals surface area contributed by atoms with Crippen LogP contribution in [0.4, 0.5) is 0 Å². The number of ether oxygens (including phenoxy) is 1. The fourth-order valence-electron chi connectivity index (χ4n) is 3.96. The van der Waals surface area contributed by atoms with Crippen molar-refractivity contribution in [2.75, 3.05) is 13.2 Å². The largest absolute Gasteiger partial charge is 0.372 e. The molecule has 0 aliphatic carbocycles. The first-order chi connectivity index (χ1) is 10.7. The van der Waals surface area contributed by atoms with E-state index in [1.54, 1.807) is 0 Å². The molecule has 0 unspecified atom stereocenters. The molecule has 22 heavy (non-hydrogen) atoms. The summed E-state index contributed by atoms with van der Waals surface area (Å²) in [6, 6.07) is 2.80. The van der Waals surface area contributed by atoms with Gasteiger partial charge in [0.05, 0.1) is 23.7 Å². The Labute approximate surface area is 132 Å². The van der Waals surface area contributed by atoms with E-state index in [1.165, 1.54) is 12.1 Å². The molecule has 120 valence electrons. The molecule has 0 bridgehead atoms. The number of likely N-dealkylation sites (tertiary alicyclic amines) is 1. The van der Waals surface area contributed by atoms with Gasteiger partial charge in [0.1, 0.15) is 6.04 Å². The van der Waals surface area contributed by atoms with Gasteiger partial charge in [-0.25, -0.2) is 4.98 Å². The van der Waals surface area contributed by atoms with Crippen molar-refractivity contribution in [1.29, 1.82) is 5.26 Å². The lowest BCUT2D eigenvalue weighted by molar-refractivity contribution is -0.138. The van der Waals surface area contributed by atoms with Crippen LogP contribution in [-0.4, -0.2) is 39.2 Å². The van der Waals surface area contributed by atoms with E-state index in [9.17, 15) is 5.26 Å². The minimum atomic E-state index is -0.242. The molecule has 1 aromatic heterocycles. The van der Waals surface area contributed by atoms with Gasteiger partial charge >= 0.3 is 0 Å². The van der Waals surface area contributed by atoms with E-state index in [1.807, 2.05) is 12.5 Å². The van der Waals surface area contributed by atoms with Crippen LogP contribution in [0.1, 0.15) is 57.7 Å². The molecule has 0 N–H and O–H groups in total. The second-order valence-electron chi connectivity index (χ2n) is 6.86. The number of aromatic nitrogens is 2. The Morgan fingerprint density at radius 2 is 2.23 bits per heavy atom. The Morgan fingerprint density at radius 3 is 2.91 bits per heavy atom. The summed E-state index contributed by atoms with van der Waals surface area (Å²) >= 11 is 0. The van der Waals surface area contributed by atoms with E-state index in [0.29, 0.717) is 6.04 Å². The summed E-state index contributed by atoms with van der Waals surface area (Å²) in [6.45, 7) is 6.87. The molecule has 0 aromatic carbocycles. The molecule has 2 atom stereocenters. The Hall–Kier alpha value is -1.38. The highest BCUT2D eigenvalue weighted by Gasteiger charge is 2.47. The highest BCUT2D eigenvalue weighted by Crippen LogP contribution is 2.38. The van der Waals surface area contributed by atoms with E-state index in [-0.39, 0.29) is 11.6 Å². The topological polar surface area (TPSA) is 54.1 Å². The molecule has 3 heterocycles. The summed E-state index contributed by atoms with van der Waals surface area (Å²) < 4.78 is 8.34. The lowest BCUT2D eigenvalue weighted by Crippen LogP contribution is -2.58. The van der Waals surface area contributed by atoms with Crippen molar-refractivity contribution < 1.29 is 4.74 Å². The fourth-order valence-corrected chi connectivity index (χ4v) is 3.96. The van der Waals surface area contributed by atoms with Gasteiger partial charge in [0.25, 0.3) is 0 Å². The van der Waals surface area contributed by atoms with E-state index in [4.69, 9.17) is 4.74 Å². The fraction of sp³-hybridized carbons (Fsp3) is 0.765. The number of hydrogen-bond donors (Lipinski definition) is 0. The average Bonchev–Trinajstić information content (AvgIpc) is 2.97. The van der Waals surface area contributed by atoms with E-state index < -0.39 is 0 Å². The summed E-state index contributed by atoms with van der Waals surface area (Å²) in [5.74, 6) is 0. The third kappa shape index (κ3) is 2.78. The van der Waals surface area contributed by atoms with Crippen LogP contribution in [0.25, 0.3) is 0 Å². The highest BCUT2D eigenvalue weighted by atomic mass is 16.5. The molecule has 1 spiro atoms. The van der Waals surface area contributed by atoms with Gasteiger partial charge in [0, 0.05) is 31.9 Å². The van der Waals surface area contributed by atoms with Crippen LogP contribution in [0.2, 0.25) is 0 Å². The smallest absolute Gasteiger partial charge is 0.127 e. The quantitative estimate of drug-likeness (QED) is 0.861. The van der Waals surface area contributed by atoms with Gasteiger partial charge in [-0.1, -0.05) is 0 Å². The number of nitrogens with zero attached hydrogens (tertiary/aromatic N) is 4. The first-order valence-corrected chi connectivity index (χ1v) is 8.44. The molecule has 5 nitrogen and oxygen atoms in total. The van der Waals surface area contributed by atoms with E-state index in [0.717, 1.165) is 45.4 Å². The second-order valence-corrected chi connectivity index (χ2v) is 6.86. The van der Waals surface area contributed by atoms with Crippen molar-refractivity contribution in [3.05, 3.63) is 18.2 Å². The average molecular weight is 302 g/mol. The van der Waals surface area contributed by atoms with Crippen LogP contribution in [0.3, 0.4) is 0 Å². The van der Waals surface area contributed by atoms with Gasteiger partial charge in [-0.2, -0.15) is 5.26 Å². The highest BCUT2D eigenvalue weighted by molar-refractivity contribution is 5.12. The molecule has 0 radical (unpaired) electrons. The van der Waals surface area contributed by atoms with Gasteiger partial charge < -0.3 is 9.30 Å². The standard InChI is InChI=1S/C17H26N4O/c1-14(2)21-13-19-11-15(21)12-20-8-5-7-17(16(20)10-18)6-3-4-9-22-17/h11,13-14,16H,3-9,12H2,1-2H3/t16-,17-/m0/s1. The third-order valence-corrected chi connectivity index (χ3v) is 5.08. The van der Waals surface area contributed by atoms with Crippen molar-refractivity contribution in [2.24, 2.45) is 0 Å². The summed E-state index contributed by atoms with van der Waals surface area (Å²) in [4.78, 5) is 6.58. The van der Waals surface area contributed by atoms with Gasteiger partial charge in [-0.05, 0) is 46.0 Å². The number of piperidine rings is 1. The van der Waals surface area contributed by atoms with Crippen LogP contribution >= 0.6 is 0 Å². The predicted molar refractivity (Wildman–Crippen MR) is 84.2 cm³/mol. The molecule has 2 aliphatic heterocycles. The summed E-state index contributed by atoms with van der Waals surface area (Å²) in [6.07, 6.45) is 9.26. The molecule has 0 amide bonds. The lowest BCUT2D eigenvalue weighted by atomic mass is 9.79. The molecule has 2 aliphatic rings. The van der Waals surface area contributed by atoms with Crippen LogP contribution in [0.5, 0.6) is 0 Å². The third-order valence-electron chi connectivity index (χ3n) is 5.08. The Bertz CT molecular complexity index is 534. The minimum Gasteiger partial charge on any atom is -0.372 e. The van der Waals surface area contributed by atoms with Crippen molar-refractivity contribution in [3.63, 3.8) is 0 Å². The SMILES string of the molecule is CC(C)n1cncc1CN1CCC[C@@]2(CCCCO2)[C@@H]1C#N. The first kappa shape index (κ1) is 15.5. The zero-order valence-electron chi connectivity index (χ0n) is 13.7. The number of nitriles is 1. The van der Waals surface area contributed by atoms with Crippen molar-refractivity contribution in [3.8, 4) is 6.07 Å². The molecule has 2 saturated heterocycles. The Balaban J connectivity index is 1.80. The summed E-state index contributed by atoms with van der Waals surface area (Å²) in [7, 11) is 0. The van der Waals surface area contributed by atoms with Gasteiger partial charge in [-0.15, -0.1) is 0 Å². The maximum Gasteiger partial charge on any atom is 0.127 e. The molecule has 3 rings (SSSR count). The Kier molecular flexibility index (Phi) is 4.51. The minimum absolute atomic E-state index is 0.142. The molecular weight excluding hydrogens is 276 g/mol. The van der Waals surface area contributed by atoms with Crippen LogP contribution in [0.15, 0.2) is 12.5 Å². The first-order valence-electron chi connectivity index (χ1n) is 8.44. The zero-order valence-corrected chi connectivity index (χ0v) is 13.7. The van der Waals surface area contributed by atoms with E-state index >= 15 is 0 Å². The molecule has 1 aromatic rings. The number of imidazole rings is 1. The maximum atomic E-state index is 9.79. The molecule has 2 fully saturated rings. The molecule has 5 heteroatoms. The normalized spacial score (nSPS) is 29.8. The molecule has 0 saturated carbocycles. The zero-order chi connectivity index (χ0) is 15.6. The van der Waals surface area contributed by atoms with Crippen molar-refractivity contribution >= 4 is 0 Å². The van der Waals surface area contributed by atoms with Crippen molar-refractivity contribution in [1.82, 2.24) is 14.5 Å². The van der Waals surface area contributed by atoms with E-state index in [2.05, 4.69) is 34.4 Å². The van der Waals surface area contributed by atoms with Crippen LogP contribution in [-0.2, 0) is 11.3 Å². The van der Waals surface area contributed by atoms with Gasteiger partial charge in [0.15, 0.2) is 0 Å². The monoisotopic (exact) mass is 302 g/mol. The molecular formula is C17H26N4O. The summed E-state index contributed by atoms with van der Waals surface area (Å²) in [5, 5.41) is 9.79. The van der Waals surface area contributed by atoms with Gasteiger partial charge in [0.2, 0.25) is 0 Å². The summed E-state index contributed by atoms with van der Waals surface area (Å²) in [5.41, 5.74) is 0.941. The van der Waals surface area contributed by atoms with Gasteiger partial charge in [-0.3, -0.25) is 4.90 Å². The van der Waals surface area contributed by atoms with Crippen molar-refractivity contribution in [2.45, 2.75) is 70.2 Å². The Morgan fingerprint density at radius 1 is 1.41 bits per heavy atom.